The first-order chi connectivity index (χ1) is 9.45. The largest absolute Gasteiger partial charge is 0.465 e. The average molecular weight is 313 g/mol. The van der Waals surface area contributed by atoms with E-state index in [1.54, 1.807) is 0 Å². The molecule has 0 unspecified atom stereocenters. The van der Waals surface area contributed by atoms with Crippen molar-refractivity contribution in [1.29, 1.82) is 0 Å². The zero-order valence-electron chi connectivity index (χ0n) is 10.3. The van der Waals surface area contributed by atoms with Crippen LogP contribution in [0.4, 0.5) is 11.4 Å². The van der Waals surface area contributed by atoms with Crippen LogP contribution < -0.4 is 5.73 Å². The minimum absolute atomic E-state index is 0.143. The van der Waals surface area contributed by atoms with Gasteiger partial charge in [0.15, 0.2) is 0 Å². The Morgan fingerprint density at radius 1 is 1.50 bits per heavy atom. The predicted octanol–water partition coefficient (Wildman–Crippen LogP) is 3.35. The highest BCUT2D eigenvalue weighted by Crippen LogP contribution is 2.42. The Labute approximate surface area is 122 Å². The molecule has 0 bridgehead atoms. The molecule has 0 atom stereocenters. The summed E-state index contributed by atoms with van der Waals surface area (Å²) in [7, 11) is 1.24. The van der Waals surface area contributed by atoms with Gasteiger partial charge in [-0.25, -0.2) is 4.79 Å². The molecule has 0 amide bonds. The molecule has 0 aliphatic carbocycles. The van der Waals surface area contributed by atoms with Crippen LogP contribution in [0.2, 0.25) is 5.02 Å². The fraction of sp³-hybridized carbons (Fsp3) is 0.0833. The highest BCUT2D eigenvalue weighted by molar-refractivity contribution is 7.18. The Balaban J connectivity index is 2.64. The van der Waals surface area contributed by atoms with Gasteiger partial charge in [-0.1, -0.05) is 17.7 Å². The first-order valence-corrected chi connectivity index (χ1v) is 6.56. The van der Waals surface area contributed by atoms with Gasteiger partial charge in [-0.05, 0) is 12.1 Å². The van der Waals surface area contributed by atoms with Crippen molar-refractivity contribution in [2.75, 3.05) is 12.8 Å². The number of nitrogen functional groups attached to an aromatic ring is 1. The summed E-state index contributed by atoms with van der Waals surface area (Å²) in [5.74, 6) is -0.589. The number of nitro benzene ring substituents is 1. The first-order valence-electron chi connectivity index (χ1n) is 5.36. The van der Waals surface area contributed by atoms with Gasteiger partial charge >= 0.3 is 5.97 Å². The van der Waals surface area contributed by atoms with Gasteiger partial charge < -0.3 is 10.5 Å². The highest BCUT2D eigenvalue weighted by Gasteiger charge is 2.23. The van der Waals surface area contributed by atoms with Crippen molar-refractivity contribution in [3.8, 4) is 10.4 Å². The lowest BCUT2D eigenvalue weighted by molar-refractivity contribution is -0.384. The van der Waals surface area contributed by atoms with Crippen molar-refractivity contribution in [1.82, 2.24) is 0 Å². The van der Waals surface area contributed by atoms with Crippen LogP contribution in [0.25, 0.3) is 10.4 Å². The molecule has 0 fully saturated rings. The Hall–Kier alpha value is -2.12. The molecule has 0 saturated carbocycles. The van der Waals surface area contributed by atoms with Crippen LogP contribution in [0.1, 0.15) is 9.67 Å². The number of nitro groups is 1. The average Bonchev–Trinajstić information content (AvgIpc) is 2.79. The number of nitrogens with zero attached hydrogens (tertiary/aromatic N) is 1. The van der Waals surface area contributed by atoms with Crippen molar-refractivity contribution in [3.05, 3.63) is 44.3 Å². The summed E-state index contributed by atoms with van der Waals surface area (Å²) < 4.78 is 4.60. The van der Waals surface area contributed by atoms with E-state index in [0.29, 0.717) is 4.88 Å². The standard InChI is InChI=1S/C12H9ClN2O4S/c1-19-12(16)11-7(14)5-9(20-11)10-6(13)3-2-4-8(10)15(17)18/h2-5H,14H2,1H3. The number of halogens is 1. The van der Waals surface area contributed by atoms with Gasteiger partial charge in [0.25, 0.3) is 5.69 Å². The molecule has 0 spiro atoms. The van der Waals surface area contributed by atoms with Crippen molar-refractivity contribution in [3.63, 3.8) is 0 Å². The molecule has 2 rings (SSSR count). The van der Waals surface area contributed by atoms with Gasteiger partial charge in [-0.3, -0.25) is 10.1 Å². The Morgan fingerprint density at radius 3 is 2.80 bits per heavy atom. The number of hydrogen-bond donors (Lipinski definition) is 1. The second kappa shape index (κ2) is 5.48. The van der Waals surface area contributed by atoms with Gasteiger partial charge in [0, 0.05) is 10.9 Å². The fourth-order valence-corrected chi connectivity index (χ4v) is 3.08. The Morgan fingerprint density at radius 2 is 2.20 bits per heavy atom. The third kappa shape index (κ3) is 2.45. The number of carbonyl (C=O) groups is 1. The number of ether oxygens (including phenoxy) is 1. The number of anilines is 1. The highest BCUT2D eigenvalue weighted by atomic mass is 35.5. The third-order valence-corrected chi connectivity index (χ3v) is 4.03. The summed E-state index contributed by atoms with van der Waals surface area (Å²) in [4.78, 5) is 22.7. The van der Waals surface area contributed by atoms with Gasteiger partial charge in [0.05, 0.1) is 28.3 Å². The van der Waals surface area contributed by atoms with Gasteiger partial charge in [0.2, 0.25) is 0 Å². The van der Waals surface area contributed by atoms with Gasteiger partial charge in [0.1, 0.15) is 4.88 Å². The molecule has 0 saturated heterocycles. The molecule has 6 nitrogen and oxygen atoms in total. The maximum Gasteiger partial charge on any atom is 0.350 e. The maximum absolute atomic E-state index is 11.5. The predicted molar refractivity (Wildman–Crippen MR) is 77.2 cm³/mol. The van der Waals surface area contributed by atoms with Crippen molar-refractivity contribution < 1.29 is 14.5 Å². The van der Waals surface area contributed by atoms with Crippen molar-refractivity contribution in [2.45, 2.75) is 0 Å². The molecule has 2 N–H and O–H groups in total. The van der Waals surface area contributed by atoms with Crippen LogP contribution in [0.3, 0.4) is 0 Å². The summed E-state index contributed by atoms with van der Waals surface area (Å²) in [5, 5.41) is 11.3. The molecular formula is C12H9ClN2O4S. The number of benzene rings is 1. The summed E-state index contributed by atoms with van der Waals surface area (Å²) in [6, 6.07) is 5.85. The number of esters is 1. The zero-order chi connectivity index (χ0) is 14.9. The molecule has 2 aromatic rings. The van der Waals surface area contributed by atoms with Crippen LogP contribution >= 0.6 is 22.9 Å². The van der Waals surface area contributed by atoms with E-state index in [9.17, 15) is 14.9 Å². The first kappa shape index (κ1) is 14.3. The van der Waals surface area contributed by atoms with Gasteiger partial charge in [-0.2, -0.15) is 0 Å². The lowest BCUT2D eigenvalue weighted by Gasteiger charge is -2.02. The minimum atomic E-state index is -0.589. The van der Waals surface area contributed by atoms with Gasteiger partial charge in [-0.15, -0.1) is 11.3 Å². The summed E-state index contributed by atoms with van der Waals surface area (Å²) in [6.45, 7) is 0. The molecule has 1 heterocycles. The van der Waals surface area contributed by atoms with E-state index in [4.69, 9.17) is 17.3 Å². The number of thiophene rings is 1. The normalized spacial score (nSPS) is 10.3. The summed E-state index contributed by atoms with van der Waals surface area (Å²) in [5.41, 5.74) is 6.03. The molecule has 0 aliphatic heterocycles. The molecule has 1 aromatic heterocycles. The second-order valence-corrected chi connectivity index (χ2v) is 5.24. The van der Waals surface area contributed by atoms with E-state index < -0.39 is 10.9 Å². The lowest BCUT2D eigenvalue weighted by atomic mass is 10.1. The molecule has 0 radical (unpaired) electrons. The van der Waals surface area contributed by atoms with E-state index >= 15 is 0 Å². The molecule has 0 aliphatic rings. The third-order valence-electron chi connectivity index (χ3n) is 2.57. The van der Waals surface area contributed by atoms with Crippen LogP contribution in [-0.2, 0) is 4.74 Å². The number of hydrogen-bond acceptors (Lipinski definition) is 6. The monoisotopic (exact) mass is 312 g/mol. The van der Waals surface area contributed by atoms with E-state index in [2.05, 4.69) is 4.74 Å². The molecule has 104 valence electrons. The van der Waals surface area contributed by atoms with Crippen LogP contribution in [0, 0.1) is 10.1 Å². The van der Waals surface area contributed by atoms with Crippen LogP contribution in [0.15, 0.2) is 24.3 Å². The number of rotatable bonds is 3. The Kier molecular flexibility index (Phi) is 3.91. The van der Waals surface area contributed by atoms with Crippen molar-refractivity contribution >= 4 is 40.3 Å². The molecule has 1 aromatic carbocycles. The van der Waals surface area contributed by atoms with E-state index in [1.165, 1.54) is 31.4 Å². The minimum Gasteiger partial charge on any atom is -0.465 e. The number of nitrogens with two attached hydrogens (primary N) is 1. The molecular weight excluding hydrogens is 304 g/mol. The number of carbonyl (C=O) groups excluding carboxylic acids is 1. The smallest absolute Gasteiger partial charge is 0.350 e. The summed E-state index contributed by atoms with van der Waals surface area (Å²) in [6.07, 6.45) is 0. The second-order valence-electron chi connectivity index (χ2n) is 3.78. The topological polar surface area (TPSA) is 95.5 Å². The van der Waals surface area contributed by atoms with E-state index in [0.717, 1.165) is 11.3 Å². The van der Waals surface area contributed by atoms with Crippen LogP contribution in [0.5, 0.6) is 0 Å². The summed E-state index contributed by atoms with van der Waals surface area (Å²) >= 11 is 7.03. The lowest BCUT2D eigenvalue weighted by Crippen LogP contribution is -2.00. The van der Waals surface area contributed by atoms with Crippen LogP contribution in [-0.4, -0.2) is 18.0 Å². The fourth-order valence-electron chi connectivity index (χ4n) is 1.69. The van der Waals surface area contributed by atoms with E-state index in [1.807, 2.05) is 0 Å². The SMILES string of the molecule is COC(=O)c1sc(-c2c(Cl)cccc2[N+](=O)[O-])cc1N. The zero-order valence-corrected chi connectivity index (χ0v) is 11.8. The quantitative estimate of drug-likeness (QED) is 0.532. The van der Waals surface area contributed by atoms with E-state index in [-0.39, 0.29) is 26.8 Å². The Bertz CT molecular complexity index is 699. The molecule has 20 heavy (non-hydrogen) atoms. The number of methoxy groups -OCH3 is 1. The molecule has 8 heteroatoms. The van der Waals surface area contributed by atoms with Crippen molar-refractivity contribution in [2.24, 2.45) is 0 Å². The maximum atomic E-state index is 11.5.